The summed E-state index contributed by atoms with van der Waals surface area (Å²) in [5.74, 6) is 0.856. The van der Waals surface area contributed by atoms with Crippen molar-refractivity contribution >= 4 is 23.8 Å². The Kier molecular flexibility index (Phi) is 5.91. The molecule has 1 saturated heterocycles. The van der Waals surface area contributed by atoms with Crippen molar-refractivity contribution in [3.63, 3.8) is 0 Å². The van der Waals surface area contributed by atoms with Gasteiger partial charge in [-0.05, 0) is 44.2 Å². The van der Waals surface area contributed by atoms with Gasteiger partial charge in [0.2, 0.25) is 6.41 Å². The molecule has 2 amide bonds. The van der Waals surface area contributed by atoms with Gasteiger partial charge in [-0.25, -0.2) is 4.98 Å². The molecule has 0 radical (unpaired) electrons. The van der Waals surface area contributed by atoms with Gasteiger partial charge in [0.25, 0.3) is 5.91 Å². The molecule has 1 fully saturated rings. The van der Waals surface area contributed by atoms with Crippen LogP contribution >= 0.6 is 0 Å². The first-order valence-corrected chi connectivity index (χ1v) is 9.71. The Balaban J connectivity index is 2.00. The number of aromatic nitrogens is 2. The third-order valence-electron chi connectivity index (χ3n) is 5.04. The number of hydrogen-bond donors (Lipinski definition) is 0. The lowest BCUT2D eigenvalue weighted by atomic mass is 10.1. The summed E-state index contributed by atoms with van der Waals surface area (Å²) in [5, 5.41) is 0. The summed E-state index contributed by atoms with van der Waals surface area (Å²) in [6.07, 6.45) is 8.74. The zero-order chi connectivity index (χ0) is 18.5. The maximum atomic E-state index is 12.9. The number of rotatable bonds is 7. The first kappa shape index (κ1) is 18.4. The highest BCUT2D eigenvalue weighted by molar-refractivity contribution is 5.94. The van der Waals surface area contributed by atoms with Gasteiger partial charge in [-0.1, -0.05) is 20.3 Å². The molecule has 2 aromatic heterocycles. The van der Waals surface area contributed by atoms with Crippen molar-refractivity contribution < 1.29 is 9.59 Å². The average Bonchev–Trinajstić information content (AvgIpc) is 3.06. The number of imidazole rings is 1. The fourth-order valence-electron chi connectivity index (χ4n) is 3.57. The van der Waals surface area contributed by atoms with E-state index in [4.69, 9.17) is 0 Å². The van der Waals surface area contributed by atoms with Gasteiger partial charge < -0.3 is 4.90 Å². The predicted molar refractivity (Wildman–Crippen MR) is 103 cm³/mol. The Labute approximate surface area is 154 Å². The van der Waals surface area contributed by atoms with Gasteiger partial charge >= 0.3 is 0 Å². The third-order valence-corrected chi connectivity index (χ3v) is 5.04. The van der Waals surface area contributed by atoms with E-state index in [0.29, 0.717) is 12.1 Å². The molecule has 6 heteroatoms. The molecule has 0 spiro atoms. The van der Waals surface area contributed by atoms with Crippen molar-refractivity contribution in [1.29, 1.82) is 0 Å². The van der Waals surface area contributed by atoms with Crippen LogP contribution in [0.1, 0.15) is 62.0 Å². The van der Waals surface area contributed by atoms with E-state index < -0.39 is 0 Å². The van der Waals surface area contributed by atoms with Crippen molar-refractivity contribution in [2.75, 3.05) is 24.5 Å². The minimum absolute atomic E-state index is 0.0653. The lowest BCUT2D eigenvalue weighted by molar-refractivity contribution is -0.107. The number of anilines is 1. The van der Waals surface area contributed by atoms with Crippen LogP contribution in [0.3, 0.4) is 0 Å². The van der Waals surface area contributed by atoms with Crippen molar-refractivity contribution in [3.8, 4) is 0 Å². The van der Waals surface area contributed by atoms with Crippen LogP contribution in [0.25, 0.3) is 5.65 Å². The summed E-state index contributed by atoms with van der Waals surface area (Å²) in [6.45, 7) is 6.45. The second-order valence-electron chi connectivity index (χ2n) is 6.89. The minimum atomic E-state index is 0.0653. The minimum Gasteiger partial charge on any atom is -0.339 e. The maximum Gasteiger partial charge on any atom is 0.255 e. The molecule has 6 nitrogen and oxygen atoms in total. The quantitative estimate of drug-likeness (QED) is 0.715. The van der Waals surface area contributed by atoms with E-state index in [-0.39, 0.29) is 5.91 Å². The van der Waals surface area contributed by atoms with Crippen LogP contribution in [0.2, 0.25) is 0 Å². The van der Waals surface area contributed by atoms with Crippen molar-refractivity contribution in [2.45, 2.75) is 52.4 Å². The molecule has 2 aromatic rings. The molecule has 26 heavy (non-hydrogen) atoms. The normalized spacial score (nSPS) is 14.6. The molecule has 3 heterocycles. The van der Waals surface area contributed by atoms with Gasteiger partial charge in [-0.2, -0.15) is 0 Å². The van der Waals surface area contributed by atoms with Gasteiger partial charge in [0.1, 0.15) is 11.5 Å². The van der Waals surface area contributed by atoms with Crippen molar-refractivity contribution in [3.05, 3.63) is 29.6 Å². The molecular weight excluding hydrogens is 328 g/mol. The molecule has 1 aliphatic heterocycles. The molecule has 0 aliphatic carbocycles. The second-order valence-corrected chi connectivity index (χ2v) is 6.89. The van der Waals surface area contributed by atoms with E-state index in [1.807, 2.05) is 34.6 Å². The van der Waals surface area contributed by atoms with Crippen LogP contribution in [0.4, 0.5) is 5.82 Å². The van der Waals surface area contributed by atoms with Gasteiger partial charge in [-0.15, -0.1) is 0 Å². The number of fused-ring (bicyclic) bond motifs is 1. The predicted octanol–water partition coefficient (Wildman–Crippen LogP) is 3.29. The highest BCUT2D eigenvalue weighted by atomic mass is 16.2. The lowest BCUT2D eigenvalue weighted by Gasteiger charge is -2.26. The Morgan fingerprint density at radius 3 is 2.65 bits per heavy atom. The number of unbranched alkanes of at least 4 members (excludes halogenated alkanes) is 1. The molecule has 0 saturated carbocycles. The standard InChI is InChI=1S/C20H28N4O2/c1-3-5-11-23(15-25)19-17(4-2)21-18-10-9-16(14-24(18)19)20(26)22-12-7-6-8-13-22/h9-10,14-15H,3-8,11-13H2,1-2H3. The van der Waals surface area contributed by atoms with E-state index in [9.17, 15) is 9.59 Å². The summed E-state index contributed by atoms with van der Waals surface area (Å²) in [6, 6.07) is 3.72. The molecule has 140 valence electrons. The largest absolute Gasteiger partial charge is 0.339 e. The fourth-order valence-corrected chi connectivity index (χ4v) is 3.57. The Morgan fingerprint density at radius 1 is 1.23 bits per heavy atom. The monoisotopic (exact) mass is 356 g/mol. The summed E-state index contributed by atoms with van der Waals surface area (Å²) in [7, 11) is 0. The number of amides is 2. The van der Waals surface area contributed by atoms with Gasteiger partial charge in [0.05, 0.1) is 11.3 Å². The molecule has 0 N–H and O–H groups in total. The Bertz CT molecular complexity index is 777. The molecule has 0 aromatic carbocycles. The lowest BCUT2D eigenvalue weighted by Crippen LogP contribution is -2.35. The van der Waals surface area contributed by atoms with Crippen LogP contribution in [0.5, 0.6) is 0 Å². The Hall–Kier alpha value is -2.37. The van der Waals surface area contributed by atoms with Crippen LogP contribution in [0, 0.1) is 0 Å². The topological polar surface area (TPSA) is 57.9 Å². The highest BCUT2D eigenvalue weighted by Gasteiger charge is 2.21. The number of piperidine rings is 1. The zero-order valence-corrected chi connectivity index (χ0v) is 15.8. The maximum absolute atomic E-state index is 12.9. The summed E-state index contributed by atoms with van der Waals surface area (Å²) >= 11 is 0. The third kappa shape index (κ3) is 3.59. The second kappa shape index (κ2) is 8.34. The first-order chi connectivity index (χ1) is 12.7. The van der Waals surface area contributed by atoms with E-state index >= 15 is 0 Å². The molecule has 3 rings (SSSR count). The molecular formula is C20H28N4O2. The SMILES string of the molecule is CCCCN(C=O)c1c(CC)nc2ccc(C(=O)N3CCCCC3)cn12. The van der Waals surface area contributed by atoms with Gasteiger partial charge in [0, 0.05) is 25.8 Å². The summed E-state index contributed by atoms with van der Waals surface area (Å²) in [5.41, 5.74) is 2.31. The zero-order valence-electron chi connectivity index (χ0n) is 15.8. The first-order valence-electron chi connectivity index (χ1n) is 9.71. The van der Waals surface area contributed by atoms with Crippen molar-refractivity contribution in [1.82, 2.24) is 14.3 Å². The van der Waals surface area contributed by atoms with E-state index in [2.05, 4.69) is 11.9 Å². The summed E-state index contributed by atoms with van der Waals surface area (Å²) in [4.78, 5) is 32.9. The Morgan fingerprint density at radius 2 is 2.00 bits per heavy atom. The molecule has 0 atom stereocenters. The van der Waals surface area contributed by atoms with Crippen LogP contribution < -0.4 is 4.90 Å². The number of likely N-dealkylation sites (tertiary alicyclic amines) is 1. The molecule has 1 aliphatic rings. The molecule has 0 unspecified atom stereocenters. The number of hydrogen-bond acceptors (Lipinski definition) is 3. The average molecular weight is 356 g/mol. The van der Waals surface area contributed by atoms with Crippen LogP contribution in [0.15, 0.2) is 18.3 Å². The fraction of sp³-hybridized carbons (Fsp3) is 0.550. The number of carbonyl (C=O) groups is 2. The highest BCUT2D eigenvalue weighted by Crippen LogP contribution is 2.24. The van der Waals surface area contributed by atoms with Gasteiger partial charge in [0.15, 0.2) is 0 Å². The van der Waals surface area contributed by atoms with Crippen molar-refractivity contribution in [2.24, 2.45) is 0 Å². The van der Waals surface area contributed by atoms with E-state index in [0.717, 1.165) is 68.8 Å². The number of pyridine rings is 1. The smallest absolute Gasteiger partial charge is 0.255 e. The number of aryl methyl sites for hydroxylation is 1. The van der Waals surface area contributed by atoms with Crippen LogP contribution in [-0.4, -0.2) is 46.2 Å². The number of carbonyl (C=O) groups excluding carboxylic acids is 2. The number of nitrogens with zero attached hydrogens (tertiary/aromatic N) is 4. The van der Waals surface area contributed by atoms with E-state index in [1.165, 1.54) is 6.42 Å². The summed E-state index contributed by atoms with van der Waals surface area (Å²) < 4.78 is 1.90. The van der Waals surface area contributed by atoms with E-state index in [1.54, 1.807) is 4.90 Å². The molecule has 0 bridgehead atoms. The van der Waals surface area contributed by atoms with Crippen LogP contribution in [-0.2, 0) is 11.2 Å². The van der Waals surface area contributed by atoms with Gasteiger partial charge in [-0.3, -0.25) is 18.9 Å².